The molecule has 0 aromatic heterocycles. The van der Waals surface area contributed by atoms with Gasteiger partial charge in [0.25, 0.3) is 0 Å². The van der Waals surface area contributed by atoms with Crippen LogP contribution in [0, 0.1) is 0 Å². The van der Waals surface area contributed by atoms with Gasteiger partial charge in [0.15, 0.2) is 5.96 Å². The highest BCUT2D eigenvalue weighted by Crippen LogP contribution is 2.23. The summed E-state index contributed by atoms with van der Waals surface area (Å²) in [7, 11) is 1.82. The van der Waals surface area contributed by atoms with E-state index in [1.807, 2.05) is 7.05 Å². The van der Waals surface area contributed by atoms with Gasteiger partial charge in [-0.15, -0.1) is 0 Å². The molecule has 0 aromatic carbocycles. The van der Waals surface area contributed by atoms with E-state index in [2.05, 4.69) is 41.3 Å². The van der Waals surface area contributed by atoms with Gasteiger partial charge in [-0.1, -0.05) is 13.8 Å². The van der Waals surface area contributed by atoms with Gasteiger partial charge < -0.3 is 20.3 Å². The zero-order chi connectivity index (χ0) is 14.8. The SMILES string of the molecule is CCN(CC)CCCNC(=NC)NCC1(C)CCCO1. The van der Waals surface area contributed by atoms with E-state index in [1.54, 1.807) is 0 Å². The lowest BCUT2D eigenvalue weighted by molar-refractivity contribution is 0.0243. The van der Waals surface area contributed by atoms with E-state index in [-0.39, 0.29) is 5.60 Å². The van der Waals surface area contributed by atoms with Crippen molar-refractivity contribution in [2.45, 2.75) is 45.6 Å². The summed E-state index contributed by atoms with van der Waals surface area (Å²) in [5, 5.41) is 6.74. The van der Waals surface area contributed by atoms with Crippen LogP contribution in [0.5, 0.6) is 0 Å². The Morgan fingerprint density at radius 2 is 2.05 bits per heavy atom. The molecule has 1 aliphatic rings. The molecular weight excluding hydrogens is 252 g/mol. The van der Waals surface area contributed by atoms with E-state index < -0.39 is 0 Å². The van der Waals surface area contributed by atoms with Crippen LogP contribution in [0.2, 0.25) is 0 Å². The minimum Gasteiger partial charge on any atom is -0.373 e. The fourth-order valence-electron chi connectivity index (χ4n) is 2.52. The maximum atomic E-state index is 5.77. The Hall–Kier alpha value is -0.810. The van der Waals surface area contributed by atoms with Crippen LogP contribution in [-0.4, -0.2) is 62.8 Å². The summed E-state index contributed by atoms with van der Waals surface area (Å²) >= 11 is 0. The number of guanidine groups is 1. The number of aliphatic imine (C=N–C) groups is 1. The Bertz CT molecular complexity index is 284. The summed E-state index contributed by atoms with van der Waals surface area (Å²) < 4.78 is 5.77. The molecule has 118 valence electrons. The summed E-state index contributed by atoms with van der Waals surface area (Å²) in [5.41, 5.74) is -0.0289. The molecule has 1 fully saturated rings. The van der Waals surface area contributed by atoms with Crippen molar-refractivity contribution in [2.75, 3.05) is 46.4 Å². The third kappa shape index (κ3) is 6.09. The molecule has 1 atom stereocenters. The number of nitrogens with zero attached hydrogens (tertiary/aromatic N) is 2. The van der Waals surface area contributed by atoms with Gasteiger partial charge in [-0.2, -0.15) is 0 Å². The molecular formula is C15H32N4O. The molecule has 1 rings (SSSR count). The Morgan fingerprint density at radius 1 is 1.30 bits per heavy atom. The topological polar surface area (TPSA) is 48.9 Å². The average Bonchev–Trinajstić information content (AvgIpc) is 2.89. The van der Waals surface area contributed by atoms with Crippen molar-refractivity contribution in [3.8, 4) is 0 Å². The molecule has 2 N–H and O–H groups in total. The Labute approximate surface area is 124 Å². The third-order valence-electron chi connectivity index (χ3n) is 3.99. The first-order valence-corrected chi connectivity index (χ1v) is 7.94. The molecule has 0 aromatic rings. The normalized spacial score (nSPS) is 23.4. The van der Waals surface area contributed by atoms with E-state index in [4.69, 9.17) is 4.74 Å². The highest BCUT2D eigenvalue weighted by atomic mass is 16.5. The van der Waals surface area contributed by atoms with Gasteiger partial charge in [-0.05, 0) is 45.8 Å². The quantitative estimate of drug-likeness (QED) is 0.402. The van der Waals surface area contributed by atoms with Gasteiger partial charge in [0, 0.05) is 26.7 Å². The lowest BCUT2D eigenvalue weighted by atomic mass is 10.0. The highest BCUT2D eigenvalue weighted by molar-refractivity contribution is 5.79. The zero-order valence-corrected chi connectivity index (χ0v) is 13.7. The van der Waals surface area contributed by atoms with Crippen LogP contribution >= 0.6 is 0 Å². The van der Waals surface area contributed by atoms with Crippen molar-refractivity contribution in [1.82, 2.24) is 15.5 Å². The van der Waals surface area contributed by atoms with Gasteiger partial charge in [0.05, 0.1) is 5.60 Å². The van der Waals surface area contributed by atoms with Crippen LogP contribution in [0.4, 0.5) is 0 Å². The molecule has 0 spiro atoms. The molecule has 1 unspecified atom stereocenters. The van der Waals surface area contributed by atoms with E-state index in [0.717, 1.165) is 64.6 Å². The molecule has 0 aliphatic carbocycles. The molecule has 1 saturated heterocycles. The first-order valence-electron chi connectivity index (χ1n) is 7.94. The van der Waals surface area contributed by atoms with Crippen molar-refractivity contribution in [3.05, 3.63) is 0 Å². The summed E-state index contributed by atoms with van der Waals surface area (Å²) in [4.78, 5) is 6.70. The predicted octanol–water partition coefficient (Wildman–Crippen LogP) is 1.45. The van der Waals surface area contributed by atoms with Gasteiger partial charge in [-0.25, -0.2) is 0 Å². The highest BCUT2D eigenvalue weighted by Gasteiger charge is 2.29. The summed E-state index contributed by atoms with van der Waals surface area (Å²) in [5.74, 6) is 0.876. The minimum absolute atomic E-state index is 0.0289. The van der Waals surface area contributed by atoms with Crippen molar-refractivity contribution in [3.63, 3.8) is 0 Å². The number of nitrogens with one attached hydrogen (secondary N) is 2. The van der Waals surface area contributed by atoms with Crippen LogP contribution in [0.15, 0.2) is 4.99 Å². The predicted molar refractivity (Wildman–Crippen MR) is 85.4 cm³/mol. The summed E-state index contributed by atoms with van der Waals surface area (Å²) in [6.07, 6.45) is 3.42. The molecule has 20 heavy (non-hydrogen) atoms. The van der Waals surface area contributed by atoms with Crippen LogP contribution in [0.1, 0.15) is 40.0 Å². The summed E-state index contributed by atoms with van der Waals surface area (Å²) in [6, 6.07) is 0. The Morgan fingerprint density at radius 3 is 2.60 bits per heavy atom. The van der Waals surface area contributed by atoms with Crippen LogP contribution in [0.3, 0.4) is 0 Å². The van der Waals surface area contributed by atoms with E-state index in [9.17, 15) is 0 Å². The van der Waals surface area contributed by atoms with E-state index in [0.29, 0.717) is 0 Å². The Kier molecular flexibility index (Phi) is 7.92. The molecule has 0 bridgehead atoms. The van der Waals surface area contributed by atoms with Crippen LogP contribution in [-0.2, 0) is 4.74 Å². The smallest absolute Gasteiger partial charge is 0.191 e. The van der Waals surface area contributed by atoms with Crippen molar-refractivity contribution >= 4 is 5.96 Å². The fourth-order valence-corrected chi connectivity index (χ4v) is 2.52. The van der Waals surface area contributed by atoms with Crippen molar-refractivity contribution in [2.24, 2.45) is 4.99 Å². The second kappa shape index (κ2) is 9.19. The Balaban J connectivity index is 2.16. The zero-order valence-electron chi connectivity index (χ0n) is 13.7. The van der Waals surface area contributed by atoms with Crippen molar-refractivity contribution in [1.29, 1.82) is 0 Å². The number of hydrogen-bond acceptors (Lipinski definition) is 3. The minimum atomic E-state index is -0.0289. The molecule has 5 heteroatoms. The lowest BCUT2D eigenvalue weighted by Gasteiger charge is -2.25. The van der Waals surface area contributed by atoms with Gasteiger partial charge in [0.1, 0.15) is 0 Å². The van der Waals surface area contributed by atoms with E-state index >= 15 is 0 Å². The maximum absolute atomic E-state index is 5.77. The van der Waals surface area contributed by atoms with Gasteiger partial charge in [0.2, 0.25) is 0 Å². The third-order valence-corrected chi connectivity index (χ3v) is 3.99. The first kappa shape index (κ1) is 17.2. The average molecular weight is 284 g/mol. The molecule has 1 heterocycles. The van der Waals surface area contributed by atoms with Crippen molar-refractivity contribution < 1.29 is 4.74 Å². The molecule has 0 radical (unpaired) electrons. The first-order chi connectivity index (χ1) is 9.63. The summed E-state index contributed by atoms with van der Waals surface area (Å²) in [6.45, 7) is 12.6. The number of rotatable bonds is 8. The van der Waals surface area contributed by atoms with Gasteiger partial charge in [-0.3, -0.25) is 4.99 Å². The van der Waals surface area contributed by atoms with Crippen LogP contribution in [0.25, 0.3) is 0 Å². The lowest BCUT2D eigenvalue weighted by Crippen LogP contribution is -2.46. The molecule has 0 saturated carbocycles. The number of hydrogen-bond donors (Lipinski definition) is 2. The molecule has 5 nitrogen and oxygen atoms in total. The maximum Gasteiger partial charge on any atom is 0.191 e. The van der Waals surface area contributed by atoms with Gasteiger partial charge >= 0.3 is 0 Å². The molecule has 0 amide bonds. The second-order valence-electron chi connectivity index (χ2n) is 5.63. The number of ether oxygens (including phenoxy) is 1. The van der Waals surface area contributed by atoms with E-state index in [1.165, 1.54) is 0 Å². The van der Waals surface area contributed by atoms with Crippen LogP contribution < -0.4 is 10.6 Å². The monoisotopic (exact) mass is 284 g/mol. The fraction of sp³-hybridized carbons (Fsp3) is 0.933. The second-order valence-corrected chi connectivity index (χ2v) is 5.63. The standard InChI is InChI=1S/C15H32N4O/c1-5-19(6-2)11-8-10-17-14(16-4)18-13-15(3)9-7-12-20-15/h5-13H2,1-4H3,(H2,16,17,18). The largest absolute Gasteiger partial charge is 0.373 e. The molecule has 1 aliphatic heterocycles.